The highest BCUT2D eigenvalue weighted by Crippen LogP contribution is 2.32. The quantitative estimate of drug-likeness (QED) is 0.776. The fourth-order valence-corrected chi connectivity index (χ4v) is 4.68. The Bertz CT molecular complexity index is 785. The van der Waals surface area contributed by atoms with Crippen LogP contribution in [0.4, 0.5) is 5.69 Å². The number of anilines is 1. The van der Waals surface area contributed by atoms with Gasteiger partial charge in [0.1, 0.15) is 6.10 Å². The average Bonchev–Trinajstić information content (AvgIpc) is 3.20. The number of rotatable bonds is 5. The van der Waals surface area contributed by atoms with Gasteiger partial charge in [-0.15, -0.1) is 0 Å². The molecule has 0 aliphatic carbocycles. The van der Waals surface area contributed by atoms with Gasteiger partial charge in [0.25, 0.3) is 0 Å². The minimum absolute atomic E-state index is 0.124. The van der Waals surface area contributed by atoms with Crippen molar-refractivity contribution in [1.29, 1.82) is 0 Å². The van der Waals surface area contributed by atoms with Gasteiger partial charge < -0.3 is 24.8 Å². The van der Waals surface area contributed by atoms with E-state index in [0.717, 1.165) is 31.9 Å². The first-order valence-corrected chi connectivity index (χ1v) is 10.4. The van der Waals surface area contributed by atoms with E-state index in [0.29, 0.717) is 13.2 Å². The summed E-state index contributed by atoms with van der Waals surface area (Å²) in [5.74, 6) is 0. The number of ether oxygens (including phenoxy) is 2. The monoisotopic (exact) mass is 396 g/mol. The van der Waals surface area contributed by atoms with Crippen LogP contribution >= 0.6 is 0 Å². The van der Waals surface area contributed by atoms with Crippen LogP contribution in [-0.2, 0) is 16.0 Å². The normalized spacial score (nSPS) is 32.4. The Labute approximate surface area is 171 Å². The molecule has 3 fully saturated rings. The summed E-state index contributed by atoms with van der Waals surface area (Å²) < 4.78 is 12.0. The van der Waals surface area contributed by atoms with Crippen LogP contribution < -0.4 is 10.2 Å². The van der Waals surface area contributed by atoms with E-state index < -0.39 is 6.10 Å². The zero-order chi connectivity index (χ0) is 19.6. The summed E-state index contributed by atoms with van der Waals surface area (Å²) in [4.78, 5) is 9.08. The molecule has 7 nitrogen and oxygen atoms in total. The Balaban J connectivity index is 1.24. The number of fused-ring (bicyclic) bond motifs is 2. The molecular weight excluding hydrogens is 368 g/mol. The molecule has 3 aliphatic rings. The summed E-state index contributed by atoms with van der Waals surface area (Å²) in [5, 5.41) is 14.7. The number of pyridine rings is 1. The molecule has 1 aromatic heterocycles. The van der Waals surface area contributed by atoms with Crippen molar-refractivity contribution in [3.05, 3.63) is 60.4 Å². The third-order valence-electron chi connectivity index (χ3n) is 6.23. The Morgan fingerprint density at radius 1 is 1.03 bits per heavy atom. The molecule has 29 heavy (non-hydrogen) atoms. The van der Waals surface area contributed by atoms with Crippen LogP contribution in [0.5, 0.6) is 0 Å². The lowest BCUT2D eigenvalue weighted by Gasteiger charge is -2.47. The van der Waals surface area contributed by atoms with Crippen LogP contribution in [0, 0.1) is 0 Å². The van der Waals surface area contributed by atoms with Gasteiger partial charge in [-0.05, 0) is 24.3 Å². The maximum atomic E-state index is 11.2. The summed E-state index contributed by atoms with van der Waals surface area (Å²) in [6.07, 6.45) is 0.758. The van der Waals surface area contributed by atoms with Crippen molar-refractivity contribution in [3.63, 3.8) is 0 Å². The van der Waals surface area contributed by atoms with E-state index in [1.54, 1.807) is 6.20 Å². The number of aliphatic hydroxyl groups excluding tert-OH is 1. The van der Waals surface area contributed by atoms with Gasteiger partial charge in [-0.2, -0.15) is 0 Å². The van der Waals surface area contributed by atoms with Gasteiger partial charge in [0.05, 0.1) is 30.5 Å². The first-order valence-electron chi connectivity index (χ1n) is 10.4. The molecule has 2 aromatic rings. The lowest BCUT2D eigenvalue weighted by molar-refractivity contribution is -0.183. The van der Waals surface area contributed by atoms with Crippen molar-refractivity contribution in [3.8, 4) is 0 Å². The Hall–Kier alpha value is -2.03. The molecule has 7 heteroatoms. The highest BCUT2D eigenvalue weighted by atomic mass is 16.7. The van der Waals surface area contributed by atoms with Gasteiger partial charge in [-0.25, -0.2) is 0 Å². The Morgan fingerprint density at radius 3 is 2.59 bits per heavy atom. The predicted molar refractivity (Wildman–Crippen MR) is 110 cm³/mol. The molecule has 0 unspecified atom stereocenters. The molecule has 0 radical (unpaired) electrons. The first-order chi connectivity index (χ1) is 14.3. The maximum Gasteiger partial charge on any atom is 0.176 e. The number of piperazine rings is 1. The molecule has 3 saturated heterocycles. The van der Waals surface area contributed by atoms with Crippen molar-refractivity contribution in [1.82, 2.24) is 15.2 Å². The fourth-order valence-electron chi connectivity index (χ4n) is 4.68. The summed E-state index contributed by atoms with van der Waals surface area (Å²) >= 11 is 0. The van der Waals surface area contributed by atoms with E-state index in [-0.39, 0.29) is 24.5 Å². The standard InChI is InChI=1S/C22H28N4O3/c27-21-19(24-14-16-6-4-5-9-23-16)18-15-28-22(29-18)20(21)26-12-10-25(11-13-26)17-7-2-1-3-8-17/h1-9,18-22,24,27H,10-15H2/t18-,19-,20-,21+,22-/m1/s1. The van der Waals surface area contributed by atoms with E-state index in [4.69, 9.17) is 9.47 Å². The zero-order valence-electron chi connectivity index (χ0n) is 16.4. The molecule has 154 valence electrons. The number of para-hydroxylation sites is 1. The Morgan fingerprint density at radius 2 is 1.83 bits per heavy atom. The van der Waals surface area contributed by atoms with E-state index in [1.807, 2.05) is 24.3 Å². The third-order valence-corrected chi connectivity index (χ3v) is 6.23. The van der Waals surface area contributed by atoms with Crippen molar-refractivity contribution < 1.29 is 14.6 Å². The minimum Gasteiger partial charge on any atom is -0.390 e. The van der Waals surface area contributed by atoms with Crippen LogP contribution in [0.15, 0.2) is 54.7 Å². The Kier molecular flexibility index (Phi) is 5.48. The molecule has 2 N–H and O–H groups in total. The summed E-state index contributed by atoms with van der Waals surface area (Å²) in [5.41, 5.74) is 2.20. The molecule has 5 atom stereocenters. The molecule has 5 rings (SSSR count). The first kappa shape index (κ1) is 19.0. The summed E-state index contributed by atoms with van der Waals surface area (Å²) in [7, 11) is 0. The van der Waals surface area contributed by atoms with E-state index in [9.17, 15) is 5.11 Å². The molecule has 0 saturated carbocycles. The number of aromatic nitrogens is 1. The largest absolute Gasteiger partial charge is 0.390 e. The summed E-state index contributed by atoms with van der Waals surface area (Å²) in [6, 6.07) is 16.0. The third kappa shape index (κ3) is 3.89. The predicted octanol–water partition coefficient (Wildman–Crippen LogP) is 0.847. The van der Waals surface area contributed by atoms with Crippen LogP contribution in [0.2, 0.25) is 0 Å². The molecule has 0 amide bonds. The minimum atomic E-state index is -0.548. The zero-order valence-corrected chi connectivity index (χ0v) is 16.4. The molecule has 0 spiro atoms. The SMILES string of the molecule is O[C@H]1[C@H](NCc2ccccn2)[C@H]2CO[C@H](O2)[C@@H]1N1CCN(c2ccccc2)CC1. The van der Waals surface area contributed by atoms with Crippen LogP contribution in [-0.4, -0.2) is 78.4 Å². The number of hydrogen-bond acceptors (Lipinski definition) is 7. The number of nitrogens with one attached hydrogen (secondary N) is 1. The van der Waals surface area contributed by atoms with Crippen LogP contribution in [0.25, 0.3) is 0 Å². The second-order valence-corrected chi connectivity index (χ2v) is 7.94. The second kappa shape index (κ2) is 8.38. The number of aliphatic hydroxyl groups is 1. The number of hydrogen-bond donors (Lipinski definition) is 2. The molecule has 1 aromatic carbocycles. The maximum absolute atomic E-state index is 11.2. The van der Waals surface area contributed by atoms with Gasteiger partial charge in [0.15, 0.2) is 6.29 Å². The number of nitrogens with zero attached hydrogens (tertiary/aromatic N) is 3. The van der Waals surface area contributed by atoms with E-state index >= 15 is 0 Å². The highest BCUT2D eigenvalue weighted by Gasteiger charge is 2.52. The highest BCUT2D eigenvalue weighted by molar-refractivity contribution is 5.46. The molecule has 4 heterocycles. The molecular formula is C22H28N4O3. The van der Waals surface area contributed by atoms with Gasteiger partial charge in [0.2, 0.25) is 0 Å². The van der Waals surface area contributed by atoms with Gasteiger partial charge in [0, 0.05) is 44.6 Å². The van der Waals surface area contributed by atoms with Gasteiger partial charge in [-0.3, -0.25) is 9.88 Å². The van der Waals surface area contributed by atoms with Crippen LogP contribution in [0.1, 0.15) is 5.69 Å². The van der Waals surface area contributed by atoms with Crippen molar-refractivity contribution in [2.75, 3.05) is 37.7 Å². The average molecular weight is 396 g/mol. The number of benzene rings is 1. The van der Waals surface area contributed by atoms with Crippen molar-refractivity contribution in [2.24, 2.45) is 0 Å². The summed E-state index contributed by atoms with van der Waals surface area (Å²) in [6.45, 7) is 4.71. The topological polar surface area (TPSA) is 70.1 Å². The molecule has 3 aliphatic heterocycles. The van der Waals surface area contributed by atoms with Crippen LogP contribution in [0.3, 0.4) is 0 Å². The smallest absolute Gasteiger partial charge is 0.176 e. The molecule has 2 bridgehead atoms. The lowest BCUT2D eigenvalue weighted by Crippen LogP contribution is -2.66. The fraction of sp³-hybridized carbons (Fsp3) is 0.500. The van der Waals surface area contributed by atoms with Crippen molar-refractivity contribution >= 4 is 5.69 Å². The van der Waals surface area contributed by atoms with Gasteiger partial charge >= 0.3 is 0 Å². The van der Waals surface area contributed by atoms with E-state index in [1.165, 1.54) is 5.69 Å². The van der Waals surface area contributed by atoms with Crippen molar-refractivity contribution in [2.45, 2.75) is 37.1 Å². The lowest BCUT2D eigenvalue weighted by atomic mass is 9.94. The van der Waals surface area contributed by atoms with E-state index in [2.05, 4.69) is 44.4 Å². The van der Waals surface area contributed by atoms with Gasteiger partial charge in [-0.1, -0.05) is 24.3 Å². The second-order valence-electron chi connectivity index (χ2n) is 7.94.